The molecule has 0 spiro atoms. The van der Waals surface area contributed by atoms with Gasteiger partial charge >= 0.3 is 6.09 Å². The Hall–Kier alpha value is -5.52. The van der Waals surface area contributed by atoms with Gasteiger partial charge in [0.15, 0.2) is 0 Å². The Balaban J connectivity index is 1.58. The molecule has 11 nitrogen and oxygen atoms in total. The monoisotopic (exact) mass is 749 g/mol. The average Bonchev–Trinajstić information content (AvgIpc) is 3.21. The Morgan fingerprint density at radius 2 is 1.07 bits per heavy atom. The maximum Gasteiger partial charge on any atom is 0.408 e. The van der Waals surface area contributed by atoms with E-state index < -0.39 is 48.2 Å². The molecule has 4 amide bonds. The molecule has 0 fully saturated rings. The predicted molar refractivity (Wildman–Crippen MR) is 213 cm³/mol. The summed E-state index contributed by atoms with van der Waals surface area (Å²) in [6.45, 7) is 7.96. The molecule has 4 unspecified atom stereocenters. The highest BCUT2D eigenvalue weighted by atomic mass is 16.5. The van der Waals surface area contributed by atoms with Gasteiger partial charge in [-0.25, -0.2) is 4.79 Å². The summed E-state index contributed by atoms with van der Waals surface area (Å²) in [6, 6.07) is 33.3. The third kappa shape index (κ3) is 13.7. The topological polar surface area (TPSA) is 158 Å². The lowest BCUT2D eigenvalue weighted by Gasteiger charge is -2.34. The van der Waals surface area contributed by atoms with Gasteiger partial charge in [-0.15, -0.1) is 0 Å². The van der Waals surface area contributed by atoms with Gasteiger partial charge in [0.25, 0.3) is 0 Å². The molecule has 6 N–H and O–H groups in total. The van der Waals surface area contributed by atoms with Crippen molar-refractivity contribution in [2.75, 3.05) is 0 Å². The van der Waals surface area contributed by atoms with Crippen molar-refractivity contribution >= 4 is 23.8 Å². The summed E-state index contributed by atoms with van der Waals surface area (Å²) in [5, 5.41) is 26.9. The van der Waals surface area contributed by atoms with Crippen LogP contribution in [0.2, 0.25) is 0 Å². The number of hydrogen-bond donors (Lipinski definition) is 6. The molecule has 4 aromatic rings. The molecule has 0 radical (unpaired) electrons. The first-order valence-electron chi connectivity index (χ1n) is 18.9. The van der Waals surface area contributed by atoms with Crippen molar-refractivity contribution in [1.82, 2.24) is 26.6 Å². The molecule has 4 aromatic carbocycles. The molecule has 55 heavy (non-hydrogen) atoms. The van der Waals surface area contributed by atoms with E-state index in [4.69, 9.17) is 4.74 Å². The zero-order chi connectivity index (χ0) is 39.6. The second-order valence-corrected chi connectivity index (χ2v) is 14.1. The number of carbonyl (C=O) groups is 4. The van der Waals surface area contributed by atoms with Crippen molar-refractivity contribution in [3.8, 4) is 0 Å². The zero-order valence-electron chi connectivity index (χ0n) is 32.1. The van der Waals surface area contributed by atoms with Crippen LogP contribution in [0.4, 0.5) is 4.79 Å². The van der Waals surface area contributed by atoms with Gasteiger partial charge in [-0.05, 0) is 40.5 Å². The normalized spacial score (nSPS) is 14.4. The number of carbonyl (C=O) groups excluding carboxylic acids is 4. The minimum absolute atomic E-state index is 0.0301. The quantitative estimate of drug-likeness (QED) is 0.0740. The van der Waals surface area contributed by atoms with E-state index in [1.54, 1.807) is 0 Å². The number of aliphatic hydroxyl groups is 1. The first-order chi connectivity index (χ1) is 26.5. The molecular weight excluding hydrogens is 695 g/mol. The fraction of sp³-hybridized carbons (Fsp3) is 0.364. The maximum atomic E-state index is 14.3. The van der Waals surface area contributed by atoms with Gasteiger partial charge in [0.1, 0.15) is 24.7 Å². The van der Waals surface area contributed by atoms with Gasteiger partial charge in [-0.2, -0.15) is 0 Å². The average molecular weight is 750 g/mol. The molecule has 11 heteroatoms. The Bertz CT molecular complexity index is 1760. The molecule has 6 atom stereocenters. The third-order valence-corrected chi connectivity index (χ3v) is 9.57. The van der Waals surface area contributed by atoms with Crippen LogP contribution in [0, 0.1) is 11.8 Å². The lowest BCUT2D eigenvalue weighted by molar-refractivity contribution is -0.134. The van der Waals surface area contributed by atoms with Crippen LogP contribution in [0.3, 0.4) is 0 Å². The van der Waals surface area contributed by atoms with Gasteiger partial charge in [0, 0.05) is 13.1 Å². The van der Waals surface area contributed by atoms with Crippen molar-refractivity contribution in [3.63, 3.8) is 0 Å². The smallest absolute Gasteiger partial charge is 0.408 e. The number of ether oxygens (including phenoxy) is 1. The number of rotatable bonds is 20. The van der Waals surface area contributed by atoms with Crippen LogP contribution >= 0.6 is 0 Å². The maximum absolute atomic E-state index is 14.3. The largest absolute Gasteiger partial charge is 0.445 e. The van der Waals surface area contributed by atoms with Gasteiger partial charge in [-0.3, -0.25) is 19.7 Å². The van der Waals surface area contributed by atoms with E-state index in [1.807, 2.05) is 149 Å². The third-order valence-electron chi connectivity index (χ3n) is 9.57. The Morgan fingerprint density at radius 3 is 1.60 bits per heavy atom. The Labute approximate surface area is 324 Å². The van der Waals surface area contributed by atoms with E-state index in [0.717, 1.165) is 22.3 Å². The predicted octanol–water partition coefficient (Wildman–Crippen LogP) is 5.03. The van der Waals surface area contributed by atoms with Crippen LogP contribution in [-0.2, 0) is 45.2 Å². The fourth-order valence-electron chi connectivity index (χ4n) is 6.09. The summed E-state index contributed by atoms with van der Waals surface area (Å²) in [5.41, 5.74) is 3.39. The minimum Gasteiger partial charge on any atom is -0.445 e. The molecular formula is C44H55N5O6. The van der Waals surface area contributed by atoms with Crippen molar-refractivity contribution in [2.24, 2.45) is 11.8 Å². The standard InChI is InChI=1S/C44H55N5O6/c1-5-31(4)38(49-44(54)55-29-35-24-16-9-17-25-35)42(52)47-36(26-32-18-10-6-11-19-32)40(50)39(45-27-33-20-12-7-13-21-33)43(53)48-37(30(2)3)41(51)46-28-34-22-14-8-15-23-34/h6-25,30-31,36-40,45,50H,5,26-29H2,1-4H3,(H,46,51)(H,47,52)(H,48,53)(H,49,54)/t31?,36?,37-,38-,39?,40?/m0/s1. The number of hydrogen-bond acceptors (Lipinski definition) is 7. The first kappa shape index (κ1) is 42.2. The molecule has 4 rings (SSSR count). The summed E-state index contributed by atoms with van der Waals surface area (Å²) in [4.78, 5) is 54.8. The lowest BCUT2D eigenvalue weighted by atomic mass is 9.93. The van der Waals surface area contributed by atoms with Crippen LogP contribution in [0.25, 0.3) is 0 Å². The van der Waals surface area contributed by atoms with Gasteiger partial charge in [-0.1, -0.05) is 155 Å². The van der Waals surface area contributed by atoms with Gasteiger partial charge < -0.3 is 31.1 Å². The Kier molecular flexibility index (Phi) is 16.9. The number of aliphatic hydroxyl groups excluding tert-OH is 1. The van der Waals surface area contributed by atoms with E-state index in [1.165, 1.54) is 0 Å². The van der Waals surface area contributed by atoms with Crippen molar-refractivity contribution in [1.29, 1.82) is 0 Å². The van der Waals surface area contributed by atoms with E-state index in [2.05, 4.69) is 26.6 Å². The first-order valence-corrected chi connectivity index (χ1v) is 18.9. The SMILES string of the molecule is CCC(C)[C@H](NC(=O)OCc1ccccc1)C(=O)NC(Cc1ccccc1)C(O)C(NCc1ccccc1)C(=O)N[C@H](C(=O)NCc1ccccc1)C(C)C. The fourth-order valence-corrected chi connectivity index (χ4v) is 6.09. The summed E-state index contributed by atoms with van der Waals surface area (Å²) in [7, 11) is 0. The second-order valence-electron chi connectivity index (χ2n) is 14.1. The lowest BCUT2D eigenvalue weighted by Crippen LogP contribution is -2.63. The van der Waals surface area contributed by atoms with Crippen LogP contribution in [0.15, 0.2) is 121 Å². The van der Waals surface area contributed by atoms with Crippen LogP contribution in [0.1, 0.15) is 56.4 Å². The molecule has 0 aliphatic rings. The summed E-state index contributed by atoms with van der Waals surface area (Å²) in [6.07, 6.45) is -1.50. The van der Waals surface area contributed by atoms with E-state index in [0.29, 0.717) is 6.42 Å². The summed E-state index contributed by atoms with van der Waals surface area (Å²) in [5.74, 6) is -2.08. The molecule has 0 saturated carbocycles. The number of nitrogens with one attached hydrogen (secondary N) is 5. The zero-order valence-corrected chi connectivity index (χ0v) is 32.1. The number of benzene rings is 4. The molecule has 292 valence electrons. The molecule has 0 saturated heterocycles. The van der Waals surface area contributed by atoms with Gasteiger partial charge in [0.2, 0.25) is 17.7 Å². The molecule has 0 heterocycles. The number of alkyl carbamates (subject to hydrolysis) is 1. The van der Waals surface area contributed by atoms with E-state index in [9.17, 15) is 24.3 Å². The van der Waals surface area contributed by atoms with E-state index >= 15 is 0 Å². The highest BCUT2D eigenvalue weighted by Crippen LogP contribution is 2.15. The van der Waals surface area contributed by atoms with Gasteiger partial charge in [0.05, 0.1) is 12.1 Å². The molecule has 0 aromatic heterocycles. The van der Waals surface area contributed by atoms with Crippen molar-refractivity contribution in [3.05, 3.63) is 144 Å². The highest BCUT2D eigenvalue weighted by molar-refractivity contribution is 5.90. The number of amides is 4. The summed E-state index contributed by atoms with van der Waals surface area (Å²) < 4.78 is 5.44. The van der Waals surface area contributed by atoms with Crippen molar-refractivity contribution < 1.29 is 29.0 Å². The van der Waals surface area contributed by atoms with Crippen molar-refractivity contribution in [2.45, 2.75) is 90.5 Å². The van der Waals surface area contributed by atoms with Crippen LogP contribution < -0.4 is 26.6 Å². The van der Waals surface area contributed by atoms with Crippen LogP contribution in [0.5, 0.6) is 0 Å². The molecule has 0 aliphatic carbocycles. The second kappa shape index (κ2) is 22.0. The molecule has 0 bridgehead atoms. The van der Waals surface area contributed by atoms with E-state index in [-0.39, 0.29) is 43.9 Å². The molecule has 0 aliphatic heterocycles. The van der Waals surface area contributed by atoms with Crippen LogP contribution in [-0.4, -0.2) is 59.2 Å². The summed E-state index contributed by atoms with van der Waals surface area (Å²) >= 11 is 0. The minimum atomic E-state index is -1.48. The highest BCUT2D eigenvalue weighted by Gasteiger charge is 2.38. The Morgan fingerprint density at radius 1 is 0.582 bits per heavy atom.